The van der Waals surface area contributed by atoms with Crippen LogP contribution < -0.4 is 0 Å². The van der Waals surface area contributed by atoms with Crippen LogP contribution in [-0.2, 0) is 4.53 Å². The van der Waals surface area contributed by atoms with Crippen molar-refractivity contribution in [1.82, 2.24) is 0 Å². The topological polar surface area (TPSA) is 21.6 Å². The van der Waals surface area contributed by atoms with Crippen LogP contribution in [0.15, 0.2) is 5.16 Å². The molecule has 0 aromatic heterocycles. The van der Waals surface area contributed by atoms with Crippen LogP contribution >= 0.6 is 0 Å². The molecule has 0 fully saturated rings. The molecule has 0 heterocycles. The quantitative estimate of drug-likeness (QED) is 0.356. The van der Waals surface area contributed by atoms with Crippen LogP contribution in [0.25, 0.3) is 0 Å². The van der Waals surface area contributed by atoms with Crippen molar-refractivity contribution in [2.45, 2.75) is 46.2 Å². The molecule has 0 saturated heterocycles. The summed E-state index contributed by atoms with van der Waals surface area (Å²) >= 11 is 0. The summed E-state index contributed by atoms with van der Waals surface area (Å²) in [5, 5.41) is 4.06. The minimum Gasteiger partial charge on any atom is -0.459 e. The number of hydrogen-bond donors (Lipinski definition) is 0. The molecule has 11 heavy (non-hydrogen) atoms. The normalized spacial score (nSPS) is 14.7. The number of oxime groups is 1. The van der Waals surface area contributed by atoms with Gasteiger partial charge in [-0.3, -0.25) is 0 Å². The molecule has 1 unspecified atom stereocenters. The fourth-order valence-electron chi connectivity index (χ4n) is 0.662. The monoisotopic (exact) mass is 173 g/mol. The molecule has 0 amide bonds. The Morgan fingerprint density at radius 2 is 2.09 bits per heavy atom. The van der Waals surface area contributed by atoms with Crippen molar-refractivity contribution in [3.63, 3.8) is 0 Å². The molecule has 0 N–H and O–H groups in total. The first-order valence-electron chi connectivity index (χ1n) is 4.40. The highest BCUT2D eigenvalue weighted by Crippen LogP contribution is 1.96. The highest BCUT2D eigenvalue weighted by atomic mass is 28.3. The van der Waals surface area contributed by atoms with E-state index < -0.39 is 9.04 Å². The second-order valence-corrected chi connectivity index (χ2v) is 5.55. The summed E-state index contributed by atoms with van der Waals surface area (Å²) in [6.45, 7) is 8.50. The highest BCUT2D eigenvalue weighted by Gasteiger charge is 2.00. The molecule has 0 aromatic carbocycles. The Morgan fingerprint density at radius 3 is 2.55 bits per heavy atom. The van der Waals surface area contributed by atoms with Crippen molar-refractivity contribution >= 4 is 14.8 Å². The van der Waals surface area contributed by atoms with Crippen LogP contribution in [0.5, 0.6) is 0 Å². The van der Waals surface area contributed by atoms with Gasteiger partial charge >= 0.3 is 0 Å². The lowest BCUT2D eigenvalue weighted by atomic mass is 10.2. The molecule has 0 aliphatic carbocycles. The van der Waals surface area contributed by atoms with Crippen molar-refractivity contribution in [3.05, 3.63) is 0 Å². The molecule has 2 nitrogen and oxygen atoms in total. The van der Waals surface area contributed by atoms with E-state index >= 15 is 0 Å². The highest BCUT2D eigenvalue weighted by molar-refractivity contribution is 6.49. The maximum absolute atomic E-state index is 5.33. The van der Waals surface area contributed by atoms with Crippen molar-refractivity contribution in [1.29, 1.82) is 0 Å². The zero-order valence-electron chi connectivity index (χ0n) is 8.05. The van der Waals surface area contributed by atoms with Gasteiger partial charge in [0.15, 0.2) is 0 Å². The van der Waals surface area contributed by atoms with E-state index in [0.29, 0.717) is 0 Å². The molecule has 0 aliphatic heterocycles. The fraction of sp³-hybridized carbons (Fsp3) is 0.875. The van der Waals surface area contributed by atoms with E-state index in [1.807, 2.05) is 6.92 Å². The predicted octanol–water partition coefficient (Wildman–Crippen LogP) is 2.55. The van der Waals surface area contributed by atoms with Crippen LogP contribution in [0.1, 0.15) is 33.6 Å². The molecule has 0 aromatic rings. The van der Waals surface area contributed by atoms with Crippen LogP contribution in [-0.4, -0.2) is 14.8 Å². The first-order valence-corrected chi connectivity index (χ1v) is 6.84. The van der Waals surface area contributed by atoms with E-state index in [0.717, 1.165) is 24.6 Å². The lowest BCUT2D eigenvalue weighted by Crippen LogP contribution is -2.08. The lowest BCUT2D eigenvalue weighted by molar-refractivity contribution is 0.346. The Hall–Kier alpha value is -0.313. The summed E-state index contributed by atoms with van der Waals surface area (Å²) in [7, 11) is -0.950. The van der Waals surface area contributed by atoms with E-state index in [9.17, 15) is 0 Å². The Balaban J connectivity index is 3.54. The van der Waals surface area contributed by atoms with Gasteiger partial charge in [0.25, 0.3) is 9.04 Å². The van der Waals surface area contributed by atoms with Crippen LogP contribution in [0.2, 0.25) is 12.6 Å². The Labute approximate surface area is 71.4 Å². The van der Waals surface area contributed by atoms with Crippen molar-refractivity contribution in [2.24, 2.45) is 5.16 Å². The largest absolute Gasteiger partial charge is 0.459 e. The van der Waals surface area contributed by atoms with Crippen LogP contribution in [0.4, 0.5) is 0 Å². The zero-order chi connectivity index (χ0) is 8.69. The molecule has 1 atom stereocenters. The molecule has 0 spiro atoms. The average Bonchev–Trinajstić information content (AvgIpc) is 2.01. The van der Waals surface area contributed by atoms with Crippen LogP contribution in [0, 0.1) is 0 Å². The fourth-order valence-corrected chi connectivity index (χ4v) is 1.17. The van der Waals surface area contributed by atoms with Gasteiger partial charge in [0.1, 0.15) is 0 Å². The van der Waals surface area contributed by atoms with Crippen LogP contribution in [0.3, 0.4) is 0 Å². The van der Waals surface area contributed by atoms with Gasteiger partial charge in [-0.15, -0.1) is 5.16 Å². The second-order valence-electron chi connectivity index (χ2n) is 2.90. The third kappa shape index (κ3) is 6.10. The lowest BCUT2D eigenvalue weighted by Gasteiger charge is -2.05. The number of hydrogen-bond acceptors (Lipinski definition) is 2. The zero-order valence-corrected chi connectivity index (χ0v) is 9.21. The minimum absolute atomic E-state index is 0.950. The van der Waals surface area contributed by atoms with Gasteiger partial charge in [0.05, 0.1) is 5.71 Å². The molecular formula is C8H19NOSi. The smallest absolute Gasteiger partial charge is 0.269 e. The van der Waals surface area contributed by atoms with Gasteiger partial charge in [0.2, 0.25) is 0 Å². The third-order valence-electron chi connectivity index (χ3n) is 1.58. The molecule has 3 heteroatoms. The summed E-state index contributed by atoms with van der Waals surface area (Å²) in [5.74, 6) is 0. The molecular weight excluding hydrogens is 154 g/mol. The van der Waals surface area contributed by atoms with E-state index in [4.69, 9.17) is 4.53 Å². The molecule has 66 valence electrons. The van der Waals surface area contributed by atoms with E-state index in [1.165, 1.54) is 0 Å². The van der Waals surface area contributed by atoms with Gasteiger partial charge in [0, 0.05) is 0 Å². The van der Waals surface area contributed by atoms with Crippen molar-refractivity contribution in [3.8, 4) is 0 Å². The Morgan fingerprint density at radius 1 is 1.45 bits per heavy atom. The summed E-state index contributed by atoms with van der Waals surface area (Å²) in [5.41, 5.74) is 1.13. The first-order chi connectivity index (χ1) is 5.20. The van der Waals surface area contributed by atoms with Crippen molar-refractivity contribution in [2.75, 3.05) is 0 Å². The molecule has 0 aliphatic rings. The average molecular weight is 173 g/mol. The first kappa shape index (κ1) is 10.7. The number of nitrogens with zero attached hydrogens (tertiary/aromatic N) is 1. The minimum atomic E-state index is -0.950. The molecule has 0 rings (SSSR count). The van der Waals surface area contributed by atoms with Gasteiger partial charge in [-0.2, -0.15) is 0 Å². The van der Waals surface area contributed by atoms with Gasteiger partial charge in [-0.05, 0) is 25.9 Å². The molecule has 0 radical (unpaired) electrons. The maximum Gasteiger partial charge on any atom is 0.269 e. The SMILES string of the molecule is CCCC(C)=NO[SiH](C)CC. The van der Waals surface area contributed by atoms with Crippen molar-refractivity contribution < 1.29 is 4.53 Å². The second kappa shape index (κ2) is 6.40. The summed E-state index contributed by atoms with van der Waals surface area (Å²) in [6.07, 6.45) is 2.21. The Kier molecular flexibility index (Phi) is 6.22. The van der Waals surface area contributed by atoms with E-state index in [2.05, 4.69) is 25.6 Å². The summed E-state index contributed by atoms with van der Waals surface area (Å²) in [4.78, 5) is 0. The van der Waals surface area contributed by atoms with E-state index in [-0.39, 0.29) is 0 Å². The standard InChI is InChI=1S/C8H19NOSi/c1-5-7-8(3)9-10-11(4)6-2/h11H,5-7H2,1-4H3. The Bertz CT molecular complexity index is 125. The summed E-state index contributed by atoms with van der Waals surface area (Å²) < 4.78 is 5.33. The number of rotatable bonds is 5. The third-order valence-corrected chi connectivity index (χ3v) is 3.19. The van der Waals surface area contributed by atoms with E-state index in [1.54, 1.807) is 0 Å². The summed E-state index contributed by atoms with van der Waals surface area (Å²) in [6, 6.07) is 1.16. The molecule has 0 bridgehead atoms. The molecule has 0 saturated carbocycles. The van der Waals surface area contributed by atoms with Gasteiger partial charge in [-0.25, -0.2) is 0 Å². The van der Waals surface area contributed by atoms with Gasteiger partial charge in [-0.1, -0.05) is 20.3 Å². The van der Waals surface area contributed by atoms with Gasteiger partial charge < -0.3 is 4.53 Å². The maximum atomic E-state index is 5.33. The predicted molar refractivity (Wildman–Crippen MR) is 52.6 cm³/mol.